The molecule has 1 aliphatic carbocycles. The van der Waals surface area contributed by atoms with Crippen molar-refractivity contribution in [1.29, 1.82) is 0 Å². The first-order valence-corrected chi connectivity index (χ1v) is 8.90. The SMILES string of the molecule is O=C(c1ccc(OC2CCCC2)nc1)N1CC2CC1CS2. The van der Waals surface area contributed by atoms with E-state index in [2.05, 4.69) is 4.98 Å². The Labute approximate surface area is 129 Å². The molecule has 4 nitrogen and oxygen atoms in total. The zero-order valence-electron chi connectivity index (χ0n) is 12.0. The summed E-state index contributed by atoms with van der Waals surface area (Å²) in [6.45, 7) is 0.897. The molecule has 3 heterocycles. The maximum Gasteiger partial charge on any atom is 0.255 e. The van der Waals surface area contributed by atoms with Crippen LogP contribution in [-0.2, 0) is 0 Å². The van der Waals surface area contributed by atoms with Crippen LogP contribution in [0.1, 0.15) is 42.5 Å². The molecule has 0 N–H and O–H groups in total. The van der Waals surface area contributed by atoms with Crippen molar-refractivity contribution in [2.75, 3.05) is 12.3 Å². The first-order valence-electron chi connectivity index (χ1n) is 7.85. The summed E-state index contributed by atoms with van der Waals surface area (Å²) in [6, 6.07) is 4.13. The molecule has 4 rings (SSSR count). The van der Waals surface area contributed by atoms with Crippen LogP contribution in [0.25, 0.3) is 0 Å². The summed E-state index contributed by atoms with van der Waals surface area (Å²) in [5.74, 6) is 1.87. The van der Waals surface area contributed by atoms with Crippen LogP contribution in [0.3, 0.4) is 0 Å². The second-order valence-electron chi connectivity index (χ2n) is 6.21. The van der Waals surface area contributed by atoms with Crippen LogP contribution in [0.4, 0.5) is 0 Å². The second kappa shape index (κ2) is 5.52. The molecule has 2 bridgehead atoms. The highest BCUT2D eigenvalue weighted by Crippen LogP contribution is 2.38. The van der Waals surface area contributed by atoms with Gasteiger partial charge < -0.3 is 9.64 Å². The van der Waals surface area contributed by atoms with Crippen LogP contribution in [0, 0.1) is 0 Å². The van der Waals surface area contributed by atoms with Crippen molar-refractivity contribution in [2.45, 2.75) is 49.5 Å². The highest BCUT2D eigenvalue weighted by atomic mass is 32.2. The van der Waals surface area contributed by atoms with Gasteiger partial charge in [0.25, 0.3) is 5.91 Å². The van der Waals surface area contributed by atoms with Gasteiger partial charge in [0.2, 0.25) is 5.88 Å². The van der Waals surface area contributed by atoms with Gasteiger partial charge in [-0.25, -0.2) is 4.98 Å². The van der Waals surface area contributed by atoms with Crippen molar-refractivity contribution in [3.63, 3.8) is 0 Å². The Morgan fingerprint density at radius 2 is 2.19 bits per heavy atom. The summed E-state index contributed by atoms with van der Waals surface area (Å²) >= 11 is 2.00. The van der Waals surface area contributed by atoms with E-state index < -0.39 is 0 Å². The fourth-order valence-corrected chi connectivity index (χ4v) is 5.00. The molecule has 2 aliphatic heterocycles. The van der Waals surface area contributed by atoms with Gasteiger partial charge in [-0.15, -0.1) is 0 Å². The third-order valence-electron chi connectivity index (χ3n) is 4.73. The average Bonchev–Trinajstić information content (AvgIpc) is 3.25. The zero-order valence-corrected chi connectivity index (χ0v) is 12.8. The smallest absolute Gasteiger partial charge is 0.255 e. The molecule has 1 aromatic heterocycles. The minimum atomic E-state index is 0.128. The summed E-state index contributed by atoms with van der Waals surface area (Å²) < 4.78 is 5.85. The number of carbonyl (C=O) groups is 1. The molecule has 0 radical (unpaired) electrons. The largest absolute Gasteiger partial charge is 0.474 e. The molecule has 1 saturated carbocycles. The summed E-state index contributed by atoms with van der Waals surface area (Å²) in [4.78, 5) is 18.9. The Morgan fingerprint density at radius 3 is 2.81 bits per heavy atom. The molecule has 2 unspecified atom stereocenters. The van der Waals surface area contributed by atoms with Crippen LogP contribution >= 0.6 is 11.8 Å². The number of likely N-dealkylation sites (tertiary alicyclic amines) is 1. The van der Waals surface area contributed by atoms with Crippen molar-refractivity contribution < 1.29 is 9.53 Å². The Hall–Kier alpha value is -1.23. The van der Waals surface area contributed by atoms with Crippen LogP contribution in [-0.4, -0.2) is 45.5 Å². The lowest BCUT2D eigenvalue weighted by Crippen LogP contribution is -2.39. The summed E-state index contributed by atoms with van der Waals surface area (Å²) in [5, 5.41) is 0.650. The number of rotatable bonds is 3. The second-order valence-corrected chi connectivity index (χ2v) is 7.55. The topological polar surface area (TPSA) is 42.4 Å². The monoisotopic (exact) mass is 304 g/mol. The minimum absolute atomic E-state index is 0.128. The Bertz CT molecular complexity index is 528. The van der Waals surface area contributed by atoms with E-state index in [0.717, 1.165) is 31.6 Å². The van der Waals surface area contributed by atoms with E-state index in [0.29, 0.717) is 28.8 Å². The number of amides is 1. The van der Waals surface area contributed by atoms with Gasteiger partial charge in [-0.05, 0) is 38.2 Å². The number of fused-ring (bicyclic) bond motifs is 2. The zero-order chi connectivity index (χ0) is 14.2. The third kappa shape index (κ3) is 2.63. The van der Waals surface area contributed by atoms with Gasteiger partial charge in [0, 0.05) is 35.9 Å². The first kappa shape index (κ1) is 13.4. The maximum atomic E-state index is 12.5. The van der Waals surface area contributed by atoms with Crippen LogP contribution < -0.4 is 4.74 Å². The van der Waals surface area contributed by atoms with E-state index in [-0.39, 0.29) is 5.91 Å². The van der Waals surface area contributed by atoms with Gasteiger partial charge in [-0.1, -0.05) is 0 Å². The van der Waals surface area contributed by atoms with Crippen molar-refractivity contribution in [3.8, 4) is 5.88 Å². The van der Waals surface area contributed by atoms with Crippen LogP contribution in [0.2, 0.25) is 0 Å². The molecule has 0 aromatic carbocycles. The van der Waals surface area contributed by atoms with E-state index in [1.807, 2.05) is 28.8 Å². The standard InChI is InChI=1S/C16H20N2O2S/c19-16(18-9-14-7-12(18)10-21-14)11-5-6-15(17-8-11)20-13-3-1-2-4-13/h5-6,8,12-14H,1-4,7,9-10H2. The molecule has 2 atom stereocenters. The maximum absolute atomic E-state index is 12.5. The Kier molecular flexibility index (Phi) is 3.53. The number of thioether (sulfide) groups is 1. The van der Waals surface area contributed by atoms with Gasteiger partial charge in [0.15, 0.2) is 0 Å². The molecular formula is C16H20N2O2S. The van der Waals surface area contributed by atoms with E-state index >= 15 is 0 Å². The molecule has 112 valence electrons. The van der Waals surface area contributed by atoms with Gasteiger partial charge >= 0.3 is 0 Å². The molecule has 1 aromatic rings. The van der Waals surface area contributed by atoms with Crippen LogP contribution in [0.15, 0.2) is 18.3 Å². The predicted octanol–water partition coefficient (Wildman–Crippen LogP) is 2.73. The van der Waals surface area contributed by atoms with Crippen LogP contribution in [0.5, 0.6) is 5.88 Å². The molecule has 2 saturated heterocycles. The van der Waals surface area contributed by atoms with Crippen molar-refractivity contribution >= 4 is 17.7 Å². The number of nitrogens with zero attached hydrogens (tertiary/aromatic N) is 2. The lowest BCUT2D eigenvalue weighted by atomic mass is 10.2. The number of carbonyl (C=O) groups excluding carboxylic acids is 1. The summed E-state index contributed by atoms with van der Waals surface area (Å²) in [5.41, 5.74) is 0.686. The number of aromatic nitrogens is 1. The van der Waals surface area contributed by atoms with E-state index in [1.165, 1.54) is 12.8 Å². The number of hydrogen-bond donors (Lipinski definition) is 0. The number of ether oxygens (including phenoxy) is 1. The molecule has 0 spiro atoms. The predicted molar refractivity (Wildman–Crippen MR) is 82.8 cm³/mol. The highest BCUT2D eigenvalue weighted by Gasteiger charge is 2.41. The quantitative estimate of drug-likeness (QED) is 0.861. The molecule has 5 heteroatoms. The van der Waals surface area contributed by atoms with Gasteiger partial charge in [0.1, 0.15) is 6.10 Å². The van der Waals surface area contributed by atoms with E-state index in [4.69, 9.17) is 4.74 Å². The highest BCUT2D eigenvalue weighted by molar-refractivity contribution is 8.00. The minimum Gasteiger partial charge on any atom is -0.474 e. The summed E-state index contributed by atoms with van der Waals surface area (Å²) in [7, 11) is 0. The third-order valence-corrected chi connectivity index (χ3v) is 6.12. The number of pyridine rings is 1. The van der Waals surface area contributed by atoms with E-state index in [1.54, 1.807) is 6.20 Å². The first-order chi connectivity index (χ1) is 10.3. The fourth-order valence-electron chi connectivity index (χ4n) is 3.57. The molecular weight excluding hydrogens is 284 g/mol. The molecule has 1 amide bonds. The van der Waals surface area contributed by atoms with E-state index in [9.17, 15) is 4.79 Å². The average molecular weight is 304 g/mol. The fraction of sp³-hybridized carbons (Fsp3) is 0.625. The molecule has 21 heavy (non-hydrogen) atoms. The Balaban J connectivity index is 1.42. The normalized spacial score (nSPS) is 28.3. The Morgan fingerprint density at radius 1 is 1.33 bits per heavy atom. The molecule has 3 aliphatic rings. The van der Waals surface area contributed by atoms with Crippen molar-refractivity contribution in [2.24, 2.45) is 0 Å². The van der Waals surface area contributed by atoms with Gasteiger partial charge in [-0.3, -0.25) is 4.79 Å². The number of hydrogen-bond acceptors (Lipinski definition) is 4. The lowest BCUT2D eigenvalue weighted by molar-refractivity contribution is 0.0747. The van der Waals surface area contributed by atoms with Gasteiger partial charge in [-0.2, -0.15) is 11.8 Å². The van der Waals surface area contributed by atoms with Gasteiger partial charge in [0.05, 0.1) is 5.56 Å². The van der Waals surface area contributed by atoms with Crippen molar-refractivity contribution in [3.05, 3.63) is 23.9 Å². The molecule has 3 fully saturated rings. The summed E-state index contributed by atoms with van der Waals surface area (Å²) in [6.07, 6.45) is 7.88. The lowest BCUT2D eigenvalue weighted by Gasteiger charge is -2.26. The van der Waals surface area contributed by atoms with Crippen molar-refractivity contribution in [1.82, 2.24) is 9.88 Å².